The van der Waals surface area contributed by atoms with Crippen LogP contribution in [0.4, 0.5) is 0 Å². The third-order valence-electron chi connectivity index (χ3n) is 5.14. The number of carbonyl (C=O) groups is 1. The molecule has 0 radical (unpaired) electrons. The van der Waals surface area contributed by atoms with Crippen LogP contribution in [0.3, 0.4) is 0 Å². The highest BCUT2D eigenvalue weighted by atomic mass is 16.3. The molecule has 5 heteroatoms. The van der Waals surface area contributed by atoms with Crippen LogP contribution in [0.1, 0.15) is 32.6 Å². The fourth-order valence-electron chi connectivity index (χ4n) is 3.53. The van der Waals surface area contributed by atoms with Crippen molar-refractivity contribution in [2.75, 3.05) is 6.54 Å². The summed E-state index contributed by atoms with van der Waals surface area (Å²) in [4.78, 5) is 14.7. The second-order valence-corrected chi connectivity index (χ2v) is 7.18. The monoisotopic (exact) mass is 385 g/mol. The quantitative estimate of drug-likeness (QED) is 0.520. The molecule has 0 unspecified atom stereocenters. The lowest BCUT2D eigenvalue weighted by atomic mass is 9.99. The van der Waals surface area contributed by atoms with Gasteiger partial charge in [-0.3, -0.25) is 9.69 Å². The van der Waals surface area contributed by atoms with Gasteiger partial charge in [0.05, 0.1) is 6.21 Å². The first-order valence-electron chi connectivity index (χ1n) is 9.68. The minimum absolute atomic E-state index is 0.121. The number of carbonyl (C=O) groups excluding carboxylic acids is 1. The normalized spacial score (nSPS) is 13.9. The van der Waals surface area contributed by atoms with Crippen molar-refractivity contribution >= 4 is 12.1 Å². The van der Waals surface area contributed by atoms with Gasteiger partial charge in [-0.2, -0.15) is 5.10 Å². The number of hydrogen-bond donors (Lipinski definition) is 2. The second-order valence-electron chi connectivity index (χ2n) is 7.18. The van der Waals surface area contributed by atoms with E-state index in [4.69, 9.17) is 0 Å². The van der Waals surface area contributed by atoms with E-state index in [-0.39, 0.29) is 11.7 Å². The molecule has 0 bridgehead atoms. The summed E-state index contributed by atoms with van der Waals surface area (Å²) in [6.45, 7) is 2.86. The highest BCUT2D eigenvalue weighted by Gasteiger charge is 2.15. The molecule has 0 saturated heterocycles. The van der Waals surface area contributed by atoms with Gasteiger partial charge in [-0.25, -0.2) is 5.43 Å². The van der Waals surface area contributed by atoms with Crippen molar-refractivity contribution in [3.63, 3.8) is 0 Å². The molecule has 2 N–H and O–H groups in total. The molecule has 3 aromatic rings. The van der Waals surface area contributed by atoms with Crippen LogP contribution in [0.2, 0.25) is 0 Å². The average molecular weight is 385 g/mol. The number of aromatic hydroxyl groups is 1. The van der Waals surface area contributed by atoms with Crippen molar-refractivity contribution in [2.24, 2.45) is 5.10 Å². The number of nitrogens with one attached hydrogen (secondary N) is 1. The summed E-state index contributed by atoms with van der Waals surface area (Å²) in [6, 6.07) is 23.0. The molecule has 0 spiro atoms. The molecule has 146 valence electrons. The molecule has 1 aliphatic heterocycles. The second kappa shape index (κ2) is 8.71. The highest BCUT2D eigenvalue weighted by Crippen LogP contribution is 2.20. The molecule has 1 aliphatic rings. The van der Waals surface area contributed by atoms with E-state index in [1.54, 1.807) is 24.3 Å². The van der Waals surface area contributed by atoms with Gasteiger partial charge in [-0.1, -0.05) is 48.5 Å². The van der Waals surface area contributed by atoms with Crippen molar-refractivity contribution in [1.29, 1.82) is 0 Å². The summed E-state index contributed by atoms with van der Waals surface area (Å²) >= 11 is 0. The van der Waals surface area contributed by atoms with E-state index < -0.39 is 0 Å². The minimum Gasteiger partial charge on any atom is -0.507 e. The predicted molar refractivity (Wildman–Crippen MR) is 114 cm³/mol. The maximum absolute atomic E-state index is 12.3. The Morgan fingerprint density at radius 2 is 1.72 bits per heavy atom. The van der Waals surface area contributed by atoms with Gasteiger partial charge in [-0.15, -0.1) is 0 Å². The van der Waals surface area contributed by atoms with Crippen LogP contribution in [-0.2, 0) is 19.5 Å². The zero-order valence-corrected chi connectivity index (χ0v) is 16.1. The zero-order valence-electron chi connectivity index (χ0n) is 16.1. The van der Waals surface area contributed by atoms with Gasteiger partial charge in [0.2, 0.25) is 0 Å². The number of phenols is 1. The van der Waals surface area contributed by atoms with E-state index in [1.165, 1.54) is 22.9 Å². The summed E-state index contributed by atoms with van der Waals surface area (Å²) in [5, 5.41) is 13.6. The molecule has 0 aliphatic carbocycles. The summed E-state index contributed by atoms with van der Waals surface area (Å²) in [6.07, 6.45) is 2.50. The van der Waals surface area contributed by atoms with Crippen LogP contribution < -0.4 is 5.43 Å². The molecule has 29 heavy (non-hydrogen) atoms. The summed E-state index contributed by atoms with van der Waals surface area (Å²) in [7, 11) is 0. The number of benzene rings is 3. The van der Waals surface area contributed by atoms with E-state index in [0.717, 1.165) is 26.1 Å². The number of para-hydroxylation sites is 1. The predicted octanol–water partition coefficient (Wildman–Crippen LogP) is 3.71. The molecule has 5 nitrogen and oxygen atoms in total. The van der Waals surface area contributed by atoms with E-state index in [2.05, 4.69) is 39.7 Å². The van der Waals surface area contributed by atoms with Gasteiger partial charge >= 0.3 is 0 Å². The molecule has 0 saturated carbocycles. The van der Waals surface area contributed by atoms with E-state index in [0.29, 0.717) is 11.1 Å². The number of nitrogens with zero attached hydrogens (tertiary/aromatic N) is 2. The first-order chi connectivity index (χ1) is 14.2. The van der Waals surface area contributed by atoms with Crippen molar-refractivity contribution < 1.29 is 9.90 Å². The van der Waals surface area contributed by atoms with Crippen LogP contribution in [0.25, 0.3) is 0 Å². The fourth-order valence-corrected chi connectivity index (χ4v) is 3.53. The lowest BCUT2D eigenvalue weighted by Crippen LogP contribution is -2.30. The Bertz CT molecular complexity index is 1030. The lowest BCUT2D eigenvalue weighted by molar-refractivity contribution is 0.0955. The highest BCUT2D eigenvalue weighted by molar-refractivity contribution is 5.95. The summed E-state index contributed by atoms with van der Waals surface area (Å²) < 4.78 is 0. The lowest BCUT2D eigenvalue weighted by Gasteiger charge is -2.28. The Kier molecular flexibility index (Phi) is 5.68. The standard InChI is InChI=1S/C24H23N3O2/c28-23-8-4-3-6-21(23)15-25-26-24(29)20-11-9-18(10-12-20)16-27-14-13-19-5-1-2-7-22(19)17-27/h1-12,15,28H,13-14,16-17H2,(H,26,29)/b25-15-. The summed E-state index contributed by atoms with van der Waals surface area (Å²) in [5.41, 5.74) is 7.62. The Labute approximate surface area is 170 Å². The molecule has 0 aromatic heterocycles. The van der Waals surface area contributed by atoms with E-state index >= 15 is 0 Å². The van der Waals surface area contributed by atoms with Crippen molar-refractivity contribution in [2.45, 2.75) is 19.5 Å². The summed E-state index contributed by atoms with van der Waals surface area (Å²) in [5.74, 6) is -0.162. The van der Waals surface area contributed by atoms with Crippen LogP contribution in [0, 0.1) is 0 Å². The number of fused-ring (bicyclic) bond motifs is 1. The first-order valence-corrected chi connectivity index (χ1v) is 9.68. The Morgan fingerprint density at radius 1 is 1.00 bits per heavy atom. The van der Waals surface area contributed by atoms with Gasteiger partial charge in [-0.05, 0) is 47.4 Å². The number of hydrazone groups is 1. The smallest absolute Gasteiger partial charge is 0.271 e. The molecule has 1 amide bonds. The topological polar surface area (TPSA) is 64.9 Å². The van der Waals surface area contributed by atoms with Crippen LogP contribution in [-0.4, -0.2) is 28.7 Å². The SMILES string of the molecule is O=C(N/N=C\c1ccccc1O)c1ccc(CN2CCc3ccccc3C2)cc1. The molecule has 3 aromatic carbocycles. The molecule has 1 heterocycles. The molecule has 0 atom stereocenters. The van der Waals surface area contributed by atoms with Crippen LogP contribution in [0.5, 0.6) is 5.75 Å². The largest absolute Gasteiger partial charge is 0.507 e. The minimum atomic E-state index is -0.282. The van der Waals surface area contributed by atoms with Gasteiger partial charge in [0, 0.05) is 30.8 Å². The number of phenolic OH excluding ortho intramolecular Hbond substituents is 1. The van der Waals surface area contributed by atoms with Crippen molar-refractivity contribution in [3.05, 3.63) is 101 Å². The van der Waals surface area contributed by atoms with Crippen molar-refractivity contribution in [3.8, 4) is 5.75 Å². The van der Waals surface area contributed by atoms with E-state index in [9.17, 15) is 9.90 Å². The third kappa shape index (κ3) is 4.70. The van der Waals surface area contributed by atoms with Gasteiger partial charge < -0.3 is 5.11 Å². The van der Waals surface area contributed by atoms with Gasteiger partial charge in [0.1, 0.15) is 5.75 Å². The molecule has 4 rings (SSSR count). The fraction of sp³-hybridized carbons (Fsp3) is 0.167. The molecule has 0 fully saturated rings. The maximum atomic E-state index is 12.3. The molecular formula is C24H23N3O2. The van der Waals surface area contributed by atoms with Gasteiger partial charge in [0.15, 0.2) is 0 Å². The Balaban J connectivity index is 1.33. The number of rotatable bonds is 5. The average Bonchev–Trinajstić information content (AvgIpc) is 2.75. The Hall–Kier alpha value is -3.44. The molecular weight excluding hydrogens is 362 g/mol. The van der Waals surface area contributed by atoms with Crippen molar-refractivity contribution in [1.82, 2.24) is 10.3 Å². The number of hydrogen-bond acceptors (Lipinski definition) is 4. The first kappa shape index (κ1) is 18.9. The third-order valence-corrected chi connectivity index (χ3v) is 5.14. The van der Waals surface area contributed by atoms with Gasteiger partial charge in [0.25, 0.3) is 5.91 Å². The van der Waals surface area contributed by atoms with Crippen LogP contribution >= 0.6 is 0 Å². The van der Waals surface area contributed by atoms with E-state index in [1.807, 2.05) is 24.3 Å². The Morgan fingerprint density at radius 3 is 2.52 bits per heavy atom. The maximum Gasteiger partial charge on any atom is 0.271 e. The number of amides is 1. The van der Waals surface area contributed by atoms with Crippen LogP contribution in [0.15, 0.2) is 77.9 Å². The zero-order chi connectivity index (χ0) is 20.1.